The summed E-state index contributed by atoms with van der Waals surface area (Å²) in [6, 6.07) is 13.5. The second-order valence-electron chi connectivity index (χ2n) is 5.00. The molecule has 0 aliphatic heterocycles. The predicted molar refractivity (Wildman–Crippen MR) is 96.8 cm³/mol. The molecule has 5 nitrogen and oxygen atoms in total. The minimum Gasteiger partial charge on any atom is -0.493 e. The van der Waals surface area contributed by atoms with Gasteiger partial charge in [-0.2, -0.15) is 5.26 Å². The Labute approximate surface area is 147 Å². The second-order valence-corrected chi connectivity index (χ2v) is 5.92. The van der Waals surface area contributed by atoms with E-state index >= 15 is 0 Å². The first-order valence-electron chi connectivity index (χ1n) is 7.14. The van der Waals surface area contributed by atoms with Crippen LogP contribution in [0.15, 0.2) is 40.9 Å². The van der Waals surface area contributed by atoms with Crippen LogP contribution in [0.5, 0.6) is 11.5 Å². The van der Waals surface area contributed by atoms with Crippen LogP contribution in [0.4, 0.5) is 0 Å². The Kier molecular flexibility index (Phi) is 4.54. The van der Waals surface area contributed by atoms with Crippen LogP contribution < -0.4 is 9.47 Å². The minimum absolute atomic E-state index is 0.407. The van der Waals surface area contributed by atoms with Crippen molar-refractivity contribution in [2.24, 2.45) is 0 Å². The van der Waals surface area contributed by atoms with E-state index in [0.717, 1.165) is 21.1 Å². The van der Waals surface area contributed by atoms with Crippen molar-refractivity contribution >= 4 is 38.6 Å². The van der Waals surface area contributed by atoms with Gasteiger partial charge in [0.2, 0.25) is 0 Å². The average molecular weight is 384 g/mol. The van der Waals surface area contributed by atoms with Gasteiger partial charge < -0.3 is 14.5 Å². The summed E-state index contributed by atoms with van der Waals surface area (Å²) in [5.74, 6) is 1.66. The van der Waals surface area contributed by atoms with Gasteiger partial charge in [0.05, 0.1) is 30.8 Å². The summed E-state index contributed by atoms with van der Waals surface area (Å²) in [5.41, 5.74) is 2.82. The number of imidazole rings is 1. The quantitative estimate of drug-likeness (QED) is 0.677. The number of nitrogens with zero attached hydrogens (tertiary/aromatic N) is 2. The number of H-pyrrole nitrogens is 1. The summed E-state index contributed by atoms with van der Waals surface area (Å²) >= 11 is 3.44. The molecule has 2 aromatic carbocycles. The molecule has 0 radical (unpaired) electrons. The van der Waals surface area contributed by atoms with Gasteiger partial charge in [0.25, 0.3) is 0 Å². The maximum absolute atomic E-state index is 9.56. The molecule has 0 atom stereocenters. The Balaban J connectivity index is 2.14. The fraction of sp³-hybridized carbons (Fsp3) is 0.111. The molecule has 0 amide bonds. The summed E-state index contributed by atoms with van der Waals surface area (Å²) in [6.07, 6.45) is 1.73. The first-order chi connectivity index (χ1) is 11.7. The van der Waals surface area contributed by atoms with Crippen molar-refractivity contribution in [3.8, 4) is 17.6 Å². The Morgan fingerprint density at radius 2 is 2.04 bits per heavy atom. The molecule has 1 N–H and O–H groups in total. The highest BCUT2D eigenvalue weighted by Crippen LogP contribution is 2.36. The lowest BCUT2D eigenvalue weighted by atomic mass is 10.1. The number of hydrogen-bond acceptors (Lipinski definition) is 4. The average Bonchev–Trinajstić information content (AvgIpc) is 3.02. The fourth-order valence-electron chi connectivity index (χ4n) is 2.46. The highest BCUT2D eigenvalue weighted by Gasteiger charge is 2.13. The van der Waals surface area contributed by atoms with Crippen molar-refractivity contribution in [1.29, 1.82) is 5.26 Å². The maximum Gasteiger partial charge on any atom is 0.168 e. The van der Waals surface area contributed by atoms with E-state index in [1.54, 1.807) is 20.3 Å². The van der Waals surface area contributed by atoms with Gasteiger partial charge in [-0.25, -0.2) is 4.98 Å². The van der Waals surface area contributed by atoms with E-state index in [-0.39, 0.29) is 0 Å². The van der Waals surface area contributed by atoms with E-state index in [1.807, 2.05) is 36.4 Å². The number of nitriles is 1. The van der Waals surface area contributed by atoms with Gasteiger partial charge >= 0.3 is 0 Å². The smallest absolute Gasteiger partial charge is 0.168 e. The highest BCUT2D eigenvalue weighted by molar-refractivity contribution is 9.10. The molecule has 0 bridgehead atoms. The standard InChI is InChI=1S/C18H14BrN3O2/c1-23-16-9-13(19)8-11(17(16)24-2)7-12(10-20)18-21-14-5-3-4-6-15(14)22-18/h3-9H,1-2H3,(H,21,22)/b12-7-. The van der Waals surface area contributed by atoms with E-state index in [9.17, 15) is 5.26 Å². The van der Waals surface area contributed by atoms with E-state index in [0.29, 0.717) is 22.9 Å². The number of nitrogens with one attached hydrogen (secondary N) is 1. The lowest BCUT2D eigenvalue weighted by molar-refractivity contribution is 0.354. The number of allylic oxidation sites excluding steroid dienone is 1. The van der Waals surface area contributed by atoms with Gasteiger partial charge in [-0.05, 0) is 30.3 Å². The molecular weight excluding hydrogens is 370 g/mol. The van der Waals surface area contributed by atoms with Gasteiger partial charge in [-0.1, -0.05) is 28.1 Å². The third kappa shape index (κ3) is 2.99. The highest BCUT2D eigenvalue weighted by atomic mass is 79.9. The maximum atomic E-state index is 9.56. The number of rotatable bonds is 4. The zero-order chi connectivity index (χ0) is 17.1. The Morgan fingerprint density at radius 1 is 1.25 bits per heavy atom. The minimum atomic E-state index is 0.407. The van der Waals surface area contributed by atoms with Crippen LogP contribution >= 0.6 is 15.9 Å². The molecule has 24 heavy (non-hydrogen) atoms. The number of ether oxygens (including phenoxy) is 2. The molecule has 120 valence electrons. The third-order valence-corrected chi connectivity index (χ3v) is 4.00. The van der Waals surface area contributed by atoms with Gasteiger partial charge in [-0.15, -0.1) is 0 Å². The summed E-state index contributed by atoms with van der Waals surface area (Å²) in [6.45, 7) is 0. The van der Waals surface area contributed by atoms with Gasteiger partial charge in [0, 0.05) is 10.0 Å². The summed E-state index contributed by atoms with van der Waals surface area (Å²) < 4.78 is 11.6. The largest absolute Gasteiger partial charge is 0.493 e. The van der Waals surface area contributed by atoms with Gasteiger partial charge in [0.15, 0.2) is 11.5 Å². The monoisotopic (exact) mass is 383 g/mol. The lowest BCUT2D eigenvalue weighted by Crippen LogP contribution is -1.94. The zero-order valence-electron chi connectivity index (χ0n) is 13.1. The van der Waals surface area contributed by atoms with Crippen LogP contribution in [-0.4, -0.2) is 24.2 Å². The summed E-state index contributed by atoms with van der Waals surface area (Å²) in [5, 5.41) is 9.56. The molecular formula is C18H14BrN3O2. The van der Waals surface area contributed by atoms with Gasteiger partial charge in [0.1, 0.15) is 11.9 Å². The van der Waals surface area contributed by atoms with Crippen molar-refractivity contribution in [2.45, 2.75) is 0 Å². The van der Waals surface area contributed by atoms with Crippen LogP contribution in [0, 0.1) is 11.3 Å². The number of aromatic amines is 1. The Bertz CT molecular complexity index is 937. The zero-order valence-corrected chi connectivity index (χ0v) is 14.7. The molecule has 0 saturated heterocycles. The first-order valence-corrected chi connectivity index (χ1v) is 7.94. The fourth-order valence-corrected chi connectivity index (χ4v) is 2.91. The number of halogens is 1. The lowest BCUT2D eigenvalue weighted by Gasteiger charge is -2.11. The van der Waals surface area contributed by atoms with Crippen molar-refractivity contribution in [3.63, 3.8) is 0 Å². The molecule has 0 unspecified atom stereocenters. The number of benzene rings is 2. The topological polar surface area (TPSA) is 70.9 Å². The SMILES string of the molecule is COc1cc(Br)cc(/C=C(/C#N)c2nc3ccccc3[nH]2)c1OC. The van der Waals surface area contributed by atoms with Crippen LogP contribution in [0.1, 0.15) is 11.4 Å². The molecule has 3 rings (SSSR count). The van der Waals surface area contributed by atoms with E-state index in [2.05, 4.69) is 32.0 Å². The van der Waals surface area contributed by atoms with Gasteiger partial charge in [-0.3, -0.25) is 0 Å². The van der Waals surface area contributed by atoms with Crippen molar-refractivity contribution in [1.82, 2.24) is 9.97 Å². The number of methoxy groups -OCH3 is 2. The Hall–Kier alpha value is -2.78. The number of para-hydroxylation sites is 2. The molecule has 0 saturated carbocycles. The van der Waals surface area contributed by atoms with Crippen LogP contribution in [0.25, 0.3) is 22.7 Å². The molecule has 0 aliphatic carbocycles. The number of fused-ring (bicyclic) bond motifs is 1. The van der Waals surface area contributed by atoms with Crippen LogP contribution in [-0.2, 0) is 0 Å². The predicted octanol–water partition coefficient (Wildman–Crippen LogP) is 4.41. The van der Waals surface area contributed by atoms with Crippen molar-refractivity contribution in [2.75, 3.05) is 14.2 Å². The molecule has 6 heteroatoms. The number of hydrogen-bond donors (Lipinski definition) is 1. The molecule has 0 aliphatic rings. The molecule has 0 fully saturated rings. The van der Waals surface area contributed by atoms with Crippen molar-refractivity contribution in [3.05, 3.63) is 52.3 Å². The Morgan fingerprint density at radius 3 is 2.71 bits per heavy atom. The normalized spacial score (nSPS) is 11.3. The summed E-state index contributed by atoms with van der Waals surface area (Å²) in [7, 11) is 3.14. The molecule has 1 heterocycles. The molecule has 1 aromatic heterocycles. The van der Waals surface area contributed by atoms with Crippen LogP contribution in [0.2, 0.25) is 0 Å². The second kappa shape index (κ2) is 6.77. The molecule has 3 aromatic rings. The first kappa shape index (κ1) is 16.1. The summed E-state index contributed by atoms with van der Waals surface area (Å²) in [4.78, 5) is 7.63. The van der Waals surface area contributed by atoms with Crippen LogP contribution in [0.3, 0.4) is 0 Å². The molecule has 0 spiro atoms. The van der Waals surface area contributed by atoms with E-state index in [4.69, 9.17) is 9.47 Å². The number of aromatic nitrogens is 2. The van der Waals surface area contributed by atoms with E-state index < -0.39 is 0 Å². The third-order valence-electron chi connectivity index (χ3n) is 3.54. The van der Waals surface area contributed by atoms with E-state index in [1.165, 1.54) is 0 Å². The van der Waals surface area contributed by atoms with Crippen molar-refractivity contribution < 1.29 is 9.47 Å².